The first-order chi connectivity index (χ1) is 14.7. The van der Waals surface area contributed by atoms with Crippen LogP contribution in [0.5, 0.6) is 0 Å². The Bertz CT molecular complexity index is 1020. The van der Waals surface area contributed by atoms with Crippen molar-refractivity contribution in [1.82, 2.24) is 29.8 Å². The molecule has 9 heteroatoms. The number of hydrogen-bond acceptors (Lipinski definition) is 6. The zero-order valence-electron chi connectivity index (χ0n) is 16.6. The Morgan fingerprint density at radius 2 is 1.97 bits per heavy atom. The number of halogens is 1. The van der Waals surface area contributed by atoms with Crippen molar-refractivity contribution in [2.75, 3.05) is 24.5 Å². The maximum Gasteiger partial charge on any atom is 0.223 e. The molecule has 2 fully saturated rings. The van der Waals surface area contributed by atoms with E-state index in [1.807, 2.05) is 39.7 Å². The third-order valence-electron chi connectivity index (χ3n) is 6.01. The quantitative estimate of drug-likeness (QED) is 0.609. The third kappa shape index (κ3) is 3.73. The standard InChI is InChI=1S/C21H24ClN7O/c22-15-4-7-19(24-10-15)28-17-5-6-18(28)13-27(12-17)21(30)8-9-23-11-16-2-1-3-20-25-14-26-29(16)20/h1-4,7,10,14,17-18,23H,5-6,8-9,11-13H2. The van der Waals surface area contributed by atoms with Crippen molar-refractivity contribution in [2.45, 2.75) is 37.9 Å². The van der Waals surface area contributed by atoms with E-state index < -0.39 is 0 Å². The zero-order chi connectivity index (χ0) is 20.5. The summed E-state index contributed by atoms with van der Waals surface area (Å²) in [7, 11) is 0. The molecule has 3 aromatic heterocycles. The minimum atomic E-state index is 0.210. The molecule has 2 bridgehead atoms. The van der Waals surface area contributed by atoms with Gasteiger partial charge in [-0.15, -0.1) is 0 Å². The van der Waals surface area contributed by atoms with Crippen LogP contribution < -0.4 is 10.2 Å². The summed E-state index contributed by atoms with van der Waals surface area (Å²) in [6.45, 7) is 2.81. The van der Waals surface area contributed by atoms with Crippen molar-refractivity contribution in [3.8, 4) is 0 Å². The predicted molar refractivity (Wildman–Crippen MR) is 114 cm³/mol. The van der Waals surface area contributed by atoms with Gasteiger partial charge in [0, 0.05) is 50.9 Å². The second kappa shape index (κ2) is 8.20. The summed E-state index contributed by atoms with van der Waals surface area (Å²) < 4.78 is 1.82. The highest BCUT2D eigenvalue weighted by molar-refractivity contribution is 6.30. The predicted octanol–water partition coefficient (Wildman–Crippen LogP) is 2.14. The second-order valence-corrected chi connectivity index (χ2v) is 8.34. The van der Waals surface area contributed by atoms with E-state index in [9.17, 15) is 4.79 Å². The number of piperazine rings is 1. The Labute approximate surface area is 179 Å². The molecule has 2 aliphatic rings. The summed E-state index contributed by atoms with van der Waals surface area (Å²) in [5, 5.41) is 8.25. The molecule has 3 aromatic rings. The van der Waals surface area contributed by atoms with E-state index in [-0.39, 0.29) is 5.91 Å². The maximum absolute atomic E-state index is 12.8. The number of nitrogens with one attached hydrogen (secondary N) is 1. The van der Waals surface area contributed by atoms with Gasteiger partial charge in [0.05, 0.1) is 10.7 Å². The molecular weight excluding hydrogens is 402 g/mol. The number of hydrogen-bond donors (Lipinski definition) is 1. The van der Waals surface area contributed by atoms with Crippen LogP contribution in [0.3, 0.4) is 0 Å². The van der Waals surface area contributed by atoms with Crippen molar-refractivity contribution in [3.05, 3.63) is 53.6 Å². The van der Waals surface area contributed by atoms with E-state index in [0.29, 0.717) is 36.6 Å². The van der Waals surface area contributed by atoms with Gasteiger partial charge in [0.15, 0.2) is 5.65 Å². The summed E-state index contributed by atoms with van der Waals surface area (Å²) in [6.07, 6.45) is 5.93. The smallest absolute Gasteiger partial charge is 0.223 e. The first-order valence-corrected chi connectivity index (χ1v) is 10.7. The second-order valence-electron chi connectivity index (χ2n) is 7.90. The molecule has 8 nitrogen and oxygen atoms in total. The number of anilines is 1. The van der Waals surface area contributed by atoms with Gasteiger partial charge in [-0.3, -0.25) is 4.79 Å². The van der Waals surface area contributed by atoms with Crippen molar-refractivity contribution >= 4 is 29.0 Å². The number of aromatic nitrogens is 4. The summed E-state index contributed by atoms with van der Waals surface area (Å²) in [5.41, 5.74) is 1.86. The van der Waals surface area contributed by atoms with Gasteiger partial charge in [0.1, 0.15) is 12.1 Å². The lowest BCUT2D eigenvalue weighted by Crippen LogP contribution is -2.56. The molecule has 5 heterocycles. The molecule has 2 aliphatic heterocycles. The largest absolute Gasteiger partial charge is 0.347 e. The number of likely N-dealkylation sites (tertiary alicyclic amines) is 1. The van der Waals surface area contributed by atoms with Crippen LogP contribution in [0.2, 0.25) is 5.02 Å². The van der Waals surface area contributed by atoms with Gasteiger partial charge in [-0.05, 0) is 37.1 Å². The minimum Gasteiger partial charge on any atom is -0.347 e. The Hall–Kier alpha value is -2.71. The number of pyridine rings is 2. The van der Waals surface area contributed by atoms with Gasteiger partial charge in [-0.1, -0.05) is 17.7 Å². The number of carbonyl (C=O) groups excluding carboxylic acids is 1. The third-order valence-corrected chi connectivity index (χ3v) is 6.24. The van der Waals surface area contributed by atoms with Crippen LogP contribution in [-0.4, -0.2) is 62.1 Å². The molecule has 1 amide bonds. The molecule has 2 atom stereocenters. The number of carbonyl (C=O) groups is 1. The highest BCUT2D eigenvalue weighted by Crippen LogP contribution is 2.34. The first-order valence-electron chi connectivity index (χ1n) is 10.3. The molecule has 0 radical (unpaired) electrons. The monoisotopic (exact) mass is 425 g/mol. The van der Waals surface area contributed by atoms with Gasteiger partial charge in [0.25, 0.3) is 0 Å². The molecule has 2 saturated heterocycles. The van der Waals surface area contributed by atoms with Gasteiger partial charge in [-0.25, -0.2) is 14.5 Å². The Balaban J connectivity index is 1.13. The van der Waals surface area contributed by atoms with Crippen LogP contribution in [-0.2, 0) is 11.3 Å². The molecule has 1 N–H and O–H groups in total. The molecule has 156 valence electrons. The number of nitrogens with zero attached hydrogens (tertiary/aromatic N) is 6. The minimum absolute atomic E-state index is 0.210. The zero-order valence-corrected chi connectivity index (χ0v) is 17.4. The van der Waals surface area contributed by atoms with Gasteiger partial charge >= 0.3 is 0 Å². The van der Waals surface area contributed by atoms with Crippen LogP contribution >= 0.6 is 11.6 Å². The van der Waals surface area contributed by atoms with Crippen LogP contribution in [0, 0.1) is 0 Å². The molecule has 0 spiro atoms. The lowest BCUT2D eigenvalue weighted by Gasteiger charge is -2.41. The van der Waals surface area contributed by atoms with Crippen LogP contribution in [0.25, 0.3) is 5.65 Å². The van der Waals surface area contributed by atoms with E-state index >= 15 is 0 Å². The molecule has 0 saturated carbocycles. The SMILES string of the molecule is O=C(CCNCc1cccc2ncnn12)N1CC2CCC(C1)N2c1ccc(Cl)cn1. The number of fused-ring (bicyclic) bond motifs is 3. The van der Waals surface area contributed by atoms with E-state index in [4.69, 9.17) is 11.6 Å². The summed E-state index contributed by atoms with van der Waals surface area (Å²) >= 11 is 5.98. The average molecular weight is 426 g/mol. The molecular formula is C21H24ClN7O. The maximum atomic E-state index is 12.8. The van der Waals surface area contributed by atoms with Crippen molar-refractivity contribution < 1.29 is 4.79 Å². The summed E-state index contributed by atoms with van der Waals surface area (Å²) in [4.78, 5) is 25.9. The van der Waals surface area contributed by atoms with Gasteiger partial charge in [-0.2, -0.15) is 5.10 Å². The van der Waals surface area contributed by atoms with E-state index in [1.54, 1.807) is 12.5 Å². The van der Waals surface area contributed by atoms with E-state index in [2.05, 4.69) is 25.3 Å². The molecule has 0 aliphatic carbocycles. The Kier molecular flexibility index (Phi) is 5.26. The fourth-order valence-electron chi connectivity index (χ4n) is 4.61. The molecule has 2 unspecified atom stereocenters. The van der Waals surface area contributed by atoms with Crippen LogP contribution in [0.1, 0.15) is 25.0 Å². The summed E-state index contributed by atoms with van der Waals surface area (Å²) in [5.74, 6) is 1.17. The Morgan fingerprint density at radius 3 is 2.73 bits per heavy atom. The highest BCUT2D eigenvalue weighted by atomic mass is 35.5. The number of amides is 1. The first kappa shape index (κ1) is 19.3. The molecule has 30 heavy (non-hydrogen) atoms. The van der Waals surface area contributed by atoms with Crippen molar-refractivity contribution in [1.29, 1.82) is 0 Å². The fraction of sp³-hybridized carbons (Fsp3) is 0.429. The highest BCUT2D eigenvalue weighted by Gasteiger charge is 2.41. The van der Waals surface area contributed by atoms with E-state index in [0.717, 1.165) is 43.1 Å². The topological polar surface area (TPSA) is 78.7 Å². The lowest BCUT2D eigenvalue weighted by molar-refractivity contribution is -0.132. The van der Waals surface area contributed by atoms with Gasteiger partial charge < -0.3 is 15.1 Å². The molecule has 0 aromatic carbocycles. The normalized spacial score (nSPS) is 20.8. The van der Waals surface area contributed by atoms with E-state index in [1.165, 1.54) is 0 Å². The van der Waals surface area contributed by atoms with Crippen LogP contribution in [0.4, 0.5) is 5.82 Å². The molecule has 5 rings (SSSR count). The van der Waals surface area contributed by atoms with Crippen molar-refractivity contribution in [3.63, 3.8) is 0 Å². The average Bonchev–Trinajstić information content (AvgIpc) is 3.34. The number of rotatable bonds is 6. The van der Waals surface area contributed by atoms with Crippen LogP contribution in [0.15, 0.2) is 42.9 Å². The lowest BCUT2D eigenvalue weighted by atomic mass is 10.1. The Morgan fingerprint density at radius 1 is 1.13 bits per heavy atom. The van der Waals surface area contributed by atoms with Gasteiger partial charge in [0.2, 0.25) is 5.91 Å². The summed E-state index contributed by atoms with van der Waals surface area (Å²) in [6, 6.07) is 10.4. The van der Waals surface area contributed by atoms with Crippen molar-refractivity contribution in [2.24, 2.45) is 0 Å². The fourth-order valence-corrected chi connectivity index (χ4v) is 4.72.